The Morgan fingerprint density at radius 3 is 2.64 bits per heavy atom. The van der Waals surface area contributed by atoms with Crippen LogP contribution in [0.1, 0.15) is 0 Å². The summed E-state index contributed by atoms with van der Waals surface area (Å²) in [5.41, 5.74) is -0.134. The number of benzene rings is 1. The maximum atomic E-state index is 12.1. The second-order valence-electron chi connectivity index (χ2n) is 4.61. The van der Waals surface area contributed by atoms with Crippen LogP contribution in [-0.4, -0.2) is 47.5 Å². The van der Waals surface area contributed by atoms with Crippen molar-refractivity contribution in [2.75, 3.05) is 5.75 Å². The first-order valence-corrected chi connectivity index (χ1v) is 8.74. The number of rotatable bonds is 4. The number of nitrogens with zero attached hydrogens (tertiary/aromatic N) is 1. The molecule has 0 radical (unpaired) electrons. The van der Waals surface area contributed by atoms with E-state index in [2.05, 4.69) is 0 Å². The van der Waals surface area contributed by atoms with E-state index in [1.54, 1.807) is 18.2 Å². The molecule has 7 nitrogen and oxygen atoms in total. The molecule has 0 aromatic heterocycles. The number of fused-ring (bicyclic) bond motifs is 1. The van der Waals surface area contributed by atoms with Crippen molar-refractivity contribution in [2.24, 2.45) is 0 Å². The molecule has 3 rings (SSSR count). The van der Waals surface area contributed by atoms with Crippen LogP contribution in [0.3, 0.4) is 0 Å². The summed E-state index contributed by atoms with van der Waals surface area (Å²) in [5, 5.41) is 8.41. The van der Waals surface area contributed by atoms with Gasteiger partial charge in [0, 0.05) is 5.75 Å². The lowest BCUT2D eigenvalue weighted by Crippen LogP contribution is -2.65. The van der Waals surface area contributed by atoms with E-state index in [1.807, 2.05) is 0 Å². The molecule has 1 amide bonds. The van der Waals surface area contributed by atoms with Crippen molar-refractivity contribution >= 4 is 33.8 Å². The summed E-state index contributed by atoms with van der Waals surface area (Å²) in [5.74, 6) is -1.50. The lowest BCUT2D eigenvalue weighted by molar-refractivity contribution is -0.156. The van der Waals surface area contributed by atoms with Crippen LogP contribution in [0, 0.1) is 0 Å². The Kier molecular flexibility index (Phi) is 3.71. The minimum absolute atomic E-state index is 0.0453. The Labute approximate surface area is 130 Å². The Hall–Kier alpha value is -1.84. The van der Waals surface area contributed by atoms with Gasteiger partial charge in [-0.2, -0.15) is 8.42 Å². The summed E-state index contributed by atoms with van der Waals surface area (Å²) < 4.78 is 29.3. The van der Waals surface area contributed by atoms with Crippen molar-refractivity contribution < 1.29 is 27.3 Å². The zero-order valence-corrected chi connectivity index (χ0v) is 12.7. The van der Waals surface area contributed by atoms with Gasteiger partial charge in [-0.25, -0.2) is 8.98 Å². The fourth-order valence-corrected chi connectivity index (χ4v) is 4.53. The van der Waals surface area contributed by atoms with Gasteiger partial charge in [-0.1, -0.05) is 18.2 Å². The van der Waals surface area contributed by atoms with E-state index >= 15 is 0 Å². The predicted octanol–water partition coefficient (Wildman–Crippen LogP) is 0.644. The highest BCUT2D eigenvalue weighted by Crippen LogP contribution is 2.40. The summed E-state index contributed by atoms with van der Waals surface area (Å²) >= 11 is 1.26. The second-order valence-corrected chi connectivity index (χ2v) is 7.33. The van der Waals surface area contributed by atoms with Gasteiger partial charge in [-0.05, 0) is 18.2 Å². The zero-order valence-electron chi connectivity index (χ0n) is 11.1. The van der Waals surface area contributed by atoms with Crippen molar-refractivity contribution in [2.45, 2.75) is 16.4 Å². The molecule has 1 fully saturated rings. The highest BCUT2D eigenvalue weighted by molar-refractivity contribution is 8.00. The number of hydrogen-bond donors (Lipinski definition) is 1. The lowest BCUT2D eigenvalue weighted by Gasteiger charge is -2.47. The summed E-state index contributed by atoms with van der Waals surface area (Å²) in [6, 6.07) is 7.49. The fourth-order valence-electron chi connectivity index (χ4n) is 2.24. The van der Waals surface area contributed by atoms with Gasteiger partial charge in [0.2, 0.25) is 0 Å². The van der Waals surface area contributed by atoms with Gasteiger partial charge in [0.05, 0.1) is 4.90 Å². The first kappa shape index (κ1) is 15.1. The predicted molar refractivity (Wildman–Crippen MR) is 77.3 cm³/mol. The smallest absolute Gasteiger partial charge is 0.352 e. The molecule has 22 heavy (non-hydrogen) atoms. The Balaban J connectivity index is 1.80. The summed E-state index contributed by atoms with van der Waals surface area (Å²) in [6.07, 6.45) is 0.224. The Morgan fingerprint density at radius 1 is 1.32 bits per heavy atom. The van der Waals surface area contributed by atoms with Crippen LogP contribution < -0.4 is 0 Å². The van der Waals surface area contributed by atoms with Crippen molar-refractivity contribution in [3.05, 3.63) is 42.1 Å². The molecule has 0 bridgehead atoms. The molecule has 1 saturated heterocycles. The van der Waals surface area contributed by atoms with E-state index in [-0.39, 0.29) is 10.6 Å². The van der Waals surface area contributed by atoms with E-state index in [0.717, 1.165) is 4.90 Å². The number of carboxylic acid groups (broad SMARTS) is 1. The third kappa shape index (κ3) is 2.40. The highest BCUT2D eigenvalue weighted by atomic mass is 32.2. The second kappa shape index (κ2) is 5.41. The third-order valence-electron chi connectivity index (χ3n) is 3.28. The molecule has 2 aliphatic rings. The van der Waals surface area contributed by atoms with Crippen LogP contribution in [0.2, 0.25) is 0 Å². The molecule has 0 saturated carbocycles. The number of aliphatic carboxylic acids is 1. The molecule has 0 aliphatic carbocycles. The van der Waals surface area contributed by atoms with Crippen LogP contribution in [0.15, 0.2) is 47.0 Å². The summed E-state index contributed by atoms with van der Waals surface area (Å²) in [7, 11) is -4.07. The van der Waals surface area contributed by atoms with Crippen LogP contribution in [0.5, 0.6) is 0 Å². The zero-order chi connectivity index (χ0) is 15.9. The maximum Gasteiger partial charge on any atom is 0.352 e. The highest BCUT2D eigenvalue weighted by Gasteiger charge is 2.54. The van der Waals surface area contributed by atoms with E-state index in [1.165, 1.54) is 30.0 Å². The Bertz CT molecular complexity index is 758. The molecule has 2 heterocycles. The molecule has 1 unspecified atom stereocenters. The standard InChI is InChI=1S/C13H11NO6S2/c15-11-10(12-14(11)9(13(16)17)6-7-21-12)20-22(18,19)8-4-2-1-3-5-8/h1-6,10,12H,7H2,(H,16,17)/t10?,12-/m0/s1. The van der Waals surface area contributed by atoms with E-state index < -0.39 is 33.5 Å². The first-order valence-electron chi connectivity index (χ1n) is 6.28. The number of amides is 1. The van der Waals surface area contributed by atoms with Crippen molar-refractivity contribution in [3.63, 3.8) is 0 Å². The van der Waals surface area contributed by atoms with Crippen LogP contribution in [0.25, 0.3) is 0 Å². The monoisotopic (exact) mass is 341 g/mol. The molecule has 0 spiro atoms. The molecular formula is C13H11NO6S2. The quantitative estimate of drug-likeness (QED) is 0.633. The normalized spacial score (nSPS) is 24.3. The molecule has 9 heteroatoms. The molecular weight excluding hydrogens is 330 g/mol. The van der Waals surface area contributed by atoms with Gasteiger partial charge >= 0.3 is 5.97 Å². The van der Waals surface area contributed by atoms with Gasteiger partial charge in [0.1, 0.15) is 11.1 Å². The van der Waals surface area contributed by atoms with Gasteiger partial charge in [-0.3, -0.25) is 9.69 Å². The van der Waals surface area contributed by atoms with E-state index in [9.17, 15) is 18.0 Å². The first-order chi connectivity index (χ1) is 10.4. The molecule has 1 N–H and O–H groups in total. The Morgan fingerprint density at radius 2 is 2.00 bits per heavy atom. The van der Waals surface area contributed by atoms with Gasteiger partial charge in [0.25, 0.3) is 16.0 Å². The van der Waals surface area contributed by atoms with E-state index in [0.29, 0.717) is 5.75 Å². The van der Waals surface area contributed by atoms with E-state index in [4.69, 9.17) is 9.29 Å². The molecule has 1 aromatic carbocycles. The van der Waals surface area contributed by atoms with Gasteiger partial charge < -0.3 is 5.11 Å². The number of carbonyl (C=O) groups excluding carboxylic acids is 1. The topological polar surface area (TPSA) is 101 Å². The largest absolute Gasteiger partial charge is 0.477 e. The van der Waals surface area contributed by atoms with Crippen molar-refractivity contribution in [1.82, 2.24) is 4.90 Å². The van der Waals surface area contributed by atoms with Crippen molar-refractivity contribution in [1.29, 1.82) is 0 Å². The molecule has 2 atom stereocenters. The van der Waals surface area contributed by atoms with Crippen LogP contribution >= 0.6 is 11.8 Å². The van der Waals surface area contributed by atoms with Crippen molar-refractivity contribution in [3.8, 4) is 0 Å². The minimum Gasteiger partial charge on any atom is -0.477 e. The van der Waals surface area contributed by atoms with Gasteiger partial charge in [0.15, 0.2) is 6.10 Å². The van der Waals surface area contributed by atoms with Crippen LogP contribution in [0.4, 0.5) is 0 Å². The maximum absolute atomic E-state index is 12.1. The third-order valence-corrected chi connectivity index (χ3v) is 5.75. The average Bonchev–Trinajstić information content (AvgIpc) is 2.52. The number of β-lactam (4-membered cyclic amide) rings is 1. The SMILES string of the molecule is O=C(O)C1=CCS[C@H]2C(OS(=O)(=O)c3ccccc3)C(=O)N12. The van der Waals surface area contributed by atoms with Crippen LogP contribution in [-0.2, 0) is 23.9 Å². The molecule has 116 valence electrons. The number of hydrogen-bond acceptors (Lipinski definition) is 6. The number of carboxylic acids is 1. The fraction of sp³-hybridized carbons (Fsp3) is 0.231. The minimum atomic E-state index is -4.07. The summed E-state index contributed by atoms with van der Waals surface area (Å²) in [4.78, 5) is 24.1. The summed E-state index contributed by atoms with van der Waals surface area (Å²) in [6.45, 7) is 0. The average molecular weight is 341 g/mol. The molecule has 2 aliphatic heterocycles. The molecule has 1 aromatic rings. The number of carbonyl (C=O) groups is 2. The lowest BCUT2D eigenvalue weighted by atomic mass is 10.1. The van der Waals surface area contributed by atoms with Gasteiger partial charge in [-0.15, -0.1) is 11.8 Å². The number of thioether (sulfide) groups is 1.